The summed E-state index contributed by atoms with van der Waals surface area (Å²) in [6, 6.07) is 8.41. The molecular weight excluding hydrogens is 220 g/mol. The number of rotatable bonds is 2. The highest BCUT2D eigenvalue weighted by Gasteiger charge is 2.02. The van der Waals surface area contributed by atoms with E-state index in [0.29, 0.717) is 11.1 Å². The zero-order valence-corrected chi connectivity index (χ0v) is 8.60. The van der Waals surface area contributed by atoms with E-state index in [0.717, 1.165) is 5.56 Å². The molecule has 1 heterocycles. The zero-order valence-electron chi connectivity index (χ0n) is 8.60. The Morgan fingerprint density at radius 1 is 1.41 bits per heavy atom. The summed E-state index contributed by atoms with van der Waals surface area (Å²) in [4.78, 5) is 17.2. The van der Waals surface area contributed by atoms with Gasteiger partial charge < -0.3 is 4.42 Å². The van der Waals surface area contributed by atoms with E-state index >= 15 is 0 Å². The molecule has 0 aliphatic rings. The average molecular weight is 226 g/mol. The van der Waals surface area contributed by atoms with Crippen molar-refractivity contribution in [3.05, 3.63) is 34.3 Å². The van der Waals surface area contributed by atoms with Crippen LogP contribution in [-0.2, 0) is 6.54 Å². The quantitative estimate of drug-likeness (QED) is 0.774. The summed E-state index contributed by atoms with van der Waals surface area (Å²) in [7, 11) is 0. The third kappa shape index (κ3) is 2.21. The number of hydrogen-bond acceptors (Lipinski definition) is 5. The van der Waals surface area contributed by atoms with Gasteiger partial charge in [0.2, 0.25) is 5.71 Å². The molecule has 2 rings (SSSR count). The van der Waals surface area contributed by atoms with Crippen LogP contribution >= 0.6 is 0 Å². The van der Waals surface area contributed by atoms with Crippen molar-refractivity contribution in [3.63, 3.8) is 0 Å². The standard InChI is InChI=1S/C11H6N4O2/c12-4-8(5-13)14-6-7-1-2-9-10(3-7)17-11(16)15-9/h1-3H,6H2,(H,15,16). The van der Waals surface area contributed by atoms with Crippen molar-refractivity contribution >= 4 is 16.8 Å². The van der Waals surface area contributed by atoms with Gasteiger partial charge in [-0.3, -0.25) is 9.98 Å². The minimum atomic E-state index is -0.518. The third-order valence-electron chi connectivity index (χ3n) is 2.12. The number of oxazole rings is 1. The average Bonchev–Trinajstić information content (AvgIpc) is 2.69. The lowest BCUT2D eigenvalue weighted by atomic mass is 10.2. The van der Waals surface area contributed by atoms with Gasteiger partial charge in [0.25, 0.3) is 0 Å². The smallest absolute Gasteiger partial charge is 0.408 e. The molecule has 2 aromatic rings. The van der Waals surface area contributed by atoms with Crippen molar-refractivity contribution in [1.82, 2.24) is 4.98 Å². The Bertz CT molecular complexity index is 708. The number of fused-ring (bicyclic) bond motifs is 1. The Balaban J connectivity index is 2.32. The van der Waals surface area contributed by atoms with Gasteiger partial charge >= 0.3 is 5.76 Å². The molecule has 0 fully saturated rings. The molecule has 0 bridgehead atoms. The largest absolute Gasteiger partial charge is 0.417 e. The highest BCUT2D eigenvalue weighted by molar-refractivity contribution is 6.10. The number of aliphatic imine (C=N–C) groups is 1. The van der Waals surface area contributed by atoms with E-state index in [9.17, 15) is 4.79 Å². The summed E-state index contributed by atoms with van der Waals surface area (Å²) in [5.74, 6) is -0.518. The second-order valence-electron chi connectivity index (χ2n) is 3.23. The predicted molar refractivity (Wildman–Crippen MR) is 59.2 cm³/mol. The molecule has 6 heteroatoms. The Kier molecular flexibility index (Phi) is 2.71. The van der Waals surface area contributed by atoms with Crippen LogP contribution in [0.2, 0.25) is 0 Å². The van der Waals surface area contributed by atoms with Crippen molar-refractivity contribution in [3.8, 4) is 12.1 Å². The fraction of sp³-hybridized carbons (Fsp3) is 0.0909. The van der Waals surface area contributed by atoms with Crippen molar-refractivity contribution in [2.45, 2.75) is 6.54 Å². The number of aromatic nitrogens is 1. The molecule has 1 N–H and O–H groups in total. The molecule has 1 aromatic carbocycles. The number of nitrogens with one attached hydrogen (secondary N) is 1. The number of nitrogens with zero attached hydrogens (tertiary/aromatic N) is 3. The first-order chi connectivity index (χ1) is 8.22. The molecule has 0 aliphatic carbocycles. The topological polar surface area (TPSA) is 106 Å². The third-order valence-corrected chi connectivity index (χ3v) is 2.12. The first-order valence-corrected chi connectivity index (χ1v) is 4.69. The van der Waals surface area contributed by atoms with Gasteiger partial charge in [-0.15, -0.1) is 0 Å². The number of nitriles is 2. The first kappa shape index (κ1) is 10.7. The van der Waals surface area contributed by atoms with Gasteiger partial charge in [-0.2, -0.15) is 10.5 Å². The molecule has 0 atom stereocenters. The maximum absolute atomic E-state index is 10.9. The maximum atomic E-state index is 10.9. The van der Waals surface area contributed by atoms with Crippen molar-refractivity contribution in [1.29, 1.82) is 10.5 Å². The lowest BCUT2D eigenvalue weighted by molar-refractivity contribution is 0.555. The number of benzene rings is 1. The molecular formula is C11H6N4O2. The minimum absolute atomic E-state index is 0.180. The van der Waals surface area contributed by atoms with Crippen LogP contribution in [0.25, 0.3) is 11.1 Å². The number of H-pyrrole nitrogens is 1. The van der Waals surface area contributed by atoms with Gasteiger partial charge in [-0.1, -0.05) is 6.07 Å². The fourth-order valence-electron chi connectivity index (χ4n) is 1.35. The normalized spacial score (nSPS) is 9.53. The lowest BCUT2D eigenvalue weighted by Gasteiger charge is -1.95. The van der Waals surface area contributed by atoms with Crippen LogP contribution < -0.4 is 5.76 Å². The van der Waals surface area contributed by atoms with E-state index in [1.54, 1.807) is 30.3 Å². The van der Waals surface area contributed by atoms with Crippen LogP contribution in [0.1, 0.15) is 5.56 Å². The summed E-state index contributed by atoms with van der Waals surface area (Å²) in [6.07, 6.45) is 0. The second kappa shape index (κ2) is 4.33. The van der Waals surface area contributed by atoms with Gasteiger partial charge in [-0.05, 0) is 17.7 Å². The van der Waals surface area contributed by atoms with E-state index < -0.39 is 5.76 Å². The van der Waals surface area contributed by atoms with E-state index in [-0.39, 0.29) is 12.3 Å². The highest BCUT2D eigenvalue weighted by atomic mass is 16.4. The van der Waals surface area contributed by atoms with Crippen LogP contribution in [0.15, 0.2) is 32.4 Å². The molecule has 1 aromatic heterocycles. The number of hydrogen-bond donors (Lipinski definition) is 1. The molecule has 0 radical (unpaired) electrons. The molecule has 6 nitrogen and oxygen atoms in total. The van der Waals surface area contributed by atoms with E-state index in [4.69, 9.17) is 14.9 Å². The summed E-state index contributed by atoms with van der Waals surface area (Å²) in [6.45, 7) is 0.196. The molecule has 0 unspecified atom stereocenters. The van der Waals surface area contributed by atoms with Gasteiger partial charge in [0, 0.05) is 0 Å². The summed E-state index contributed by atoms with van der Waals surface area (Å²) < 4.78 is 4.88. The van der Waals surface area contributed by atoms with E-state index in [1.165, 1.54) is 0 Å². The maximum Gasteiger partial charge on any atom is 0.417 e. The van der Waals surface area contributed by atoms with E-state index in [2.05, 4.69) is 9.98 Å². The lowest BCUT2D eigenvalue weighted by Crippen LogP contribution is -1.92. The van der Waals surface area contributed by atoms with Crippen LogP contribution in [0, 0.1) is 22.7 Å². The summed E-state index contributed by atoms with van der Waals surface area (Å²) in [5, 5.41) is 17.0. The summed E-state index contributed by atoms with van der Waals surface area (Å²) in [5.41, 5.74) is 1.60. The molecule has 0 spiro atoms. The monoisotopic (exact) mass is 226 g/mol. The van der Waals surface area contributed by atoms with Crippen LogP contribution in [0.5, 0.6) is 0 Å². The van der Waals surface area contributed by atoms with Gasteiger partial charge in [0.1, 0.15) is 12.1 Å². The van der Waals surface area contributed by atoms with Crippen molar-refractivity contribution in [2.75, 3.05) is 0 Å². The first-order valence-electron chi connectivity index (χ1n) is 4.69. The molecule has 0 saturated carbocycles. The predicted octanol–water partition coefficient (Wildman–Crippen LogP) is 1.11. The fourth-order valence-corrected chi connectivity index (χ4v) is 1.35. The molecule has 0 amide bonds. The Morgan fingerprint density at radius 2 is 2.18 bits per heavy atom. The van der Waals surface area contributed by atoms with E-state index in [1.807, 2.05) is 0 Å². The Labute approximate surface area is 95.4 Å². The highest BCUT2D eigenvalue weighted by Crippen LogP contribution is 2.12. The molecule has 82 valence electrons. The van der Waals surface area contributed by atoms with Gasteiger partial charge in [0.15, 0.2) is 5.58 Å². The summed E-state index contributed by atoms with van der Waals surface area (Å²) >= 11 is 0. The van der Waals surface area contributed by atoms with Crippen LogP contribution in [0.4, 0.5) is 0 Å². The minimum Gasteiger partial charge on any atom is -0.408 e. The van der Waals surface area contributed by atoms with Crippen LogP contribution in [-0.4, -0.2) is 10.7 Å². The second-order valence-corrected chi connectivity index (χ2v) is 3.23. The molecule has 0 aliphatic heterocycles. The SMILES string of the molecule is N#CC(C#N)=NCc1ccc2[nH]c(=O)oc2c1. The molecule has 17 heavy (non-hydrogen) atoms. The van der Waals surface area contributed by atoms with Crippen LogP contribution in [0.3, 0.4) is 0 Å². The van der Waals surface area contributed by atoms with Crippen molar-refractivity contribution < 1.29 is 4.42 Å². The van der Waals surface area contributed by atoms with Crippen molar-refractivity contribution in [2.24, 2.45) is 4.99 Å². The Hall–Kier alpha value is -2.86. The Morgan fingerprint density at radius 3 is 2.88 bits per heavy atom. The zero-order chi connectivity index (χ0) is 12.3. The van der Waals surface area contributed by atoms with Gasteiger partial charge in [-0.25, -0.2) is 4.79 Å². The molecule has 0 saturated heterocycles. The number of aromatic amines is 1. The van der Waals surface area contributed by atoms with Gasteiger partial charge in [0.05, 0.1) is 12.1 Å².